The highest BCUT2D eigenvalue weighted by atomic mass is 16.6. The summed E-state index contributed by atoms with van der Waals surface area (Å²) in [6, 6.07) is 0.142. The van der Waals surface area contributed by atoms with Gasteiger partial charge < -0.3 is 25.6 Å². The number of likely N-dealkylation sites (tertiary alicyclic amines) is 1. The summed E-state index contributed by atoms with van der Waals surface area (Å²) in [5, 5.41) is 2.81. The molecule has 0 aliphatic carbocycles. The highest BCUT2D eigenvalue weighted by Crippen LogP contribution is 2.16. The summed E-state index contributed by atoms with van der Waals surface area (Å²) in [7, 11) is 4.23. The molecule has 1 amide bonds. The fraction of sp³-hybridized carbons (Fsp3) is 0.933. The van der Waals surface area contributed by atoms with Gasteiger partial charge in [0.2, 0.25) is 0 Å². The molecule has 0 spiro atoms. The van der Waals surface area contributed by atoms with E-state index < -0.39 is 5.60 Å². The number of carbonyl (C=O) groups is 1. The Morgan fingerprint density at radius 1 is 1.52 bits per heavy atom. The number of carbonyl (C=O) groups excluding carboxylic acids is 1. The molecular weight excluding hydrogens is 268 g/mol. The number of alkyl carbamates (subject to hydrolysis) is 1. The normalized spacial score (nSPS) is 21.6. The van der Waals surface area contributed by atoms with Crippen LogP contribution in [0.4, 0.5) is 4.79 Å². The Morgan fingerprint density at radius 2 is 2.19 bits per heavy atom. The van der Waals surface area contributed by atoms with Gasteiger partial charge in [-0.1, -0.05) is 0 Å². The molecule has 0 saturated carbocycles. The molecule has 3 N–H and O–H groups in total. The SMILES string of the molecule is CN1CCC(CN(C)C(CN)CNC(=O)OC(C)(C)C)C1. The van der Waals surface area contributed by atoms with Crippen LogP contribution in [-0.4, -0.2) is 74.4 Å². The van der Waals surface area contributed by atoms with Crippen molar-refractivity contribution in [3.63, 3.8) is 0 Å². The molecule has 1 fully saturated rings. The number of nitrogens with two attached hydrogens (primary N) is 1. The van der Waals surface area contributed by atoms with Crippen molar-refractivity contribution >= 4 is 6.09 Å². The highest BCUT2D eigenvalue weighted by Gasteiger charge is 2.24. The van der Waals surface area contributed by atoms with E-state index in [1.54, 1.807) is 0 Å². The standard InChI is InChI=1S/C15H32N4O2/c1-15(2,3)21-14(20)17-9-13(8-16)19(5)11-12-6-7-18(4)10-12/h12-13H,6-11,16H2,1-5H3,(H,17,20). The molecule has 6 heteroatoms. The average molecular weight is 300 g/mol. The van der Waals surface area contributed by atoms with Crippen LogP contribution in [0.15, 0.2) is 0 Å². The summed E-state index contributed by atoms with van der Waals surface area (Å²) in [5.41, 5.74) is 5.37. The fourth-order valence-corrected chi connectivity index (χ4v) is 2.67. The molecule has 0 aromatic carbocycles. The fourth-order valence-electron chi connectivity index (χ4n) is 2.67. The zero-order chi connectivity index (χ0) is 16.0. The largest absolute Gasteiger partial charge is 0.444 e. The van der Waals surface area contributed by atoms with E-state index >= 15 is 0 Å². The first-order valence-electron chi connectivity index (χ1n) is 7.77. The quantitative estimate of drug-likeness (QED) is 0.756. The van der Waals surface area contributed by atoms with E-state index in [1.165, 1.54) is 13.0 Å². The van der Waals surface area contributed by atoms with Crippen LogP contribution in [0, 0.1) is 5.92 Å². The van der Waals surface area contributed by atoms with Crippen LogP contribution >= 0.6 is 0 Å². The van der Waals surface area contributed by atoms with Gasteiger partial charge in [-0.25, -0.2) is 4.79 Å². The van der Waals surface area contributed by atoms with E-state index in [-0.39, 0.29) is 12.1 Å². The maximum absolute atomic E-state index is 11.7. The monoisotopic (exact) mass is 300 g/mol. The predicted octanol–water partition coefficient (Wildman–Crippen LogP) is 0.722. The molecule has 1 rings (SSSR count). The van der Waals surface area contributed by atoms with Gasteiger partial charge in [0.1, 0.15) is 5.60 Å². The van der Waals surface area contributed by atoms with E-state index in [4.69, 9.17) is 10.5 Å². The number of likely N-dealkylation sites (N-methyl/N-ethyl adjacent to an activating group) is 1. The Kier molecular flexibility index (Phi) is 6.90. The summed E-state index contributed by atoms with van der Waals surface area (Å²) >= 11 is 0. The molecule has 124 valence electrons. The van der Waals surface area contributed by atoms with Gasteiger partial charge in [-0.15, -0.1) is 0 Å². The molecule has 1 saturated heterocycles. The second kappa shape index (κ2) is 7.96. The van der Waals surface area contributed by atoms with Gasteiger partial charge in [-0.2, -0.15) is 0 Å². The first-order chi connectivity index (χ1) is 9.71. The van der Waals surface area contributed by atoms with Crippen molar-refractivity contribution in [2.24, 2.45) is 11.7 Å². The summed E-state index contributed by atoms with van der Waals surface area (Å²) < 4.78 is 5.24. The van der Waals surface area contributed by atoms with Crippen LogP contribution in [0.3, 0.4) is 0 Å². The molecule has 6 nitrogen and oxygen atoms in total. The van der Waals surface area contributed by atoms with Gasteiger partial charge in [0.05, 0.1) is 0 Å². The number of amides is 1. The first-order valence-corrected chi connectivity index (χ1v) is 7.77. The average Bonchev–Trinajstić information content (AvgIpc) is 2.73. The topological polar surface area (TPSA) is 70.8 Å². The maximum atomic E-state index is 11.7. The van der Waals surface area contributed by atoms with Crippen molar-refractivity contribution in [1.29, 1.82) is 0 Å². The summed E-state index contributed by atoms with van der Waals surface area (Å²) in [5.74, 6) is 0.690. The summed E-state index contributed by atoms with van der Waals surface area (Å²) in [4.78, 5) is 16.3. The van der Waals surface area contributed by atoms with Crippen LogP contribution in [0.5, 0.6) is 0 Å². The van der Waals surface area contributed by atoms with Gasteiger partial charge in [0, 0.05) is 32.2 Å². The van der Waals surface area contributed by atoms with Crippen LogP contribution in [0.2, 0.25) is 0 Å². The molecule has 21 heavy (non-hydrogen) atoms. The first kappa shape index (κ1) is 18.2. The van der Waals surface area contributed by atoms with E-state index in [2.05, 4.69) is 29.2 Å². The smallest absolute Gasteiger partial charge is 0.407 e. The van der Waals surface area contributed by atoms with Crippen molar-refractivity contribution in [2.75, 3.05) is 46.8 Å². The van der Waals surface area contributed by atoms with Crippen molar-refractivity contribution in [1.82, 2.24) is 15.1 Å². The summed E-state index contributed by atoms with van der Waals surface area (Å²) in [6.45, 7) is 9.94. The van der Waals surface area contributed by atoms with E-state index in [9.17, 15) is 4.79 Å². The Balaban J connectivity index is 2.34. The maximum Gasteiger partial charge on any atom is 0.407 e. The Hall–Kier alpha value is -0.850. The number of rotatable bonds is 6. The molecule has 1 heterocycles. The molecule has 0 radical (unpaired) electrons. The zero-order valence-electron chi connectivity index (χ0n) is 14.2. The molecule has 0 bridgehead atoms. The Morgan fingerprint density at radius 3 is 2.67 bits per heavy atom. The lowest BCUT2D eigenvalue weighted by Gasteiger charge is -2.30. The number of hydrogen-bond donors (Lipinski definition) is 2. The number of hydrogen-bond acceptors (Lipinski definition) is 5. The van der Waals surface area contributed by atoms with E-state index in [1.807, 2.05) is 20.8 Å². The van der Waals surface area contributed by atoms with Crippen molar-refractivity contribution < 1.29 is 9.53 Å². The van der Waals surface area contributed by atoms with Crippen LogP contribution in [0.25, 0.3) is 0 Å². The lowest BCUT2D eigenvalue weighted by Crippen LogP contribution is -2.48. The molecule has 1 aliphatic heterocycles. The highest BCUT2D eigenvalue weighted by molar-refractivity contribution is 5.67. The minimum absolute atomic E-state index is 0.142. The van der Waals surface area contributed by atoms with Gasteiger partial charge in [0.25, 0.3) is 0 Å². The third-order valence-electron chi connectivity index (χ3n) is 3.81. The Bertz CT molecular complexity index is 330. The minimum atomic E-state index is -0.470. The number of ether oxygens (including phenoxy) is 1. The third kappa shape index (κ3) is 7.11. The van der Waals surface area contributed by atoms with Crippen molar-refractivity contribution in [3.05, 3.63) is 0 Å². The summed E-state index contributed by atoms with van der Waals surface area (Å²) in [6.07, 6.45) is 0.854. The lowest BCUT2D eigenvalue weighted by molar-refractivity contribution is 0.0510. The molecule has 2 atom stereocenters. The Labute approximate surface area is 129 Å². The van der Waals surface area contributed by atoms with E-state index in [0.717, 1.165) is 13.1 Å². The lowest BCUT2D eigenvalue weighted by atomic mass is 10.1. The predicted molar refractivity (Wildman–Crippen MR) is 85.3 cm³/mol. The van der Waals surface area contributed by atoms with Gasteiger partial charge in [-0.05, 0) is 53.8 Å². The minimum Gasteiger partial charge on any atom is -0.444 e. The molecule has 0 aromatic heterocycles. The third-order valence-corrected chi connectivity index (χ3v) is 3.81. The van der Waals surface area contributed by atoms with E-state index in [0.29, 0.717) is 19.0 Å². The molecule has 2 unspecified atom stereocenters. The second-order valence-electron chi connectivity index (χ2n) is 7.13. The molecule has 1 aliphatic rings. The second-order valence-corrected chi connectivity index (χ2v) is 7.13. The molecular formula is C15H32N4O2. The van der Waals surface area contributed by atoms with Crippen molar-refractivity contribution in [3.8, 4) is 0 Å². The number of nitrogens with zero attached hydrogens (tertiary/aromatic N) is 2. The van der Waals surface area contributed by atoms with Gasteiger partial charge in [0.15, 0.2) is 0 Å². The van der Waals surface area contributed by atoms with Crippen LogP contribution in [0.1, 0.15) is 27.2 Å². The zero-order valence-corrected chi connectivity index (χ0v) is 14.2. The van der Waals surface area contributed by atoms with Crippen LogP contribution in [-0.2, 0) is 4.74 Å². The van der Waals surface area contributed by atoms with Crippen molar-refractivity contribution in [2.45, 2.75) is 38.8 Å². The van der Waals surface area contributed by atoms with Gasteiger partial charge in [-0.3, -0.25) is 0 Å². The van der Waals surface area contributed by atoms with Crippen LogP contribution < -0.4 is 11.1 Å². The molecule has 0 aromatic rings. The number of nitrogens with one attached hydrogen (secondary N) is 1. The van der Waals surface area contributed by atoms with Gasteiger partial charge >= 0.3 is 6.09 Å².